The van der Waals surface area contributed by atoms with Gasteiger partial charge in [0.25, 0.3) is 0 Å². The molecule has 1 saturated heterocycles. The molecule has 21 heavy (non-hydrogen) atoms. The smallest absolute Gasteiger partial charge is 0.0316 e. The average molecular weight is 288 g/mol. The van der Waals surface area contributed by atoms with Gasteiger partial charge in [-0.25, -0.2) is 0 Å². The van der Waals surface area contributed by atoms with E-state index in [-0.39, 0.29) is 5.41 Å². The van der Waals surface area contributed by atoms with Crippen molar-refractivity contribution in [1.82, 2.24) is 10.2 Å². The van der Waals surface area contributed by atoms with E-state index in [9.17, 15) is 0 Å². The third kappa shape index (κ3) is 4.55. The Morgan fingerprint density at radius 3 is 2.43 bits per heavy atom. The molecule has 0 spiro atoms. The molecule has 0 saturated carbocycles. The molecular weight excluding hydrogens is 256 g/mol. The Morgan fingerprint density at radius 2 is 1.90 bits per heavy atom. The van der Waals surface area contributed by atoms with Gasteiger partial charge in [-0.05, 0) is 62.4 Å². The molecule has 1 fully saturated rings. The van der Waals surface area contributed by atoms with Gasteiger partial charge in [-0.1, -0.05) is 45.0 Å². The molecule has 0 aliphatic carbocycles. The monoisotopic (exact) mass is 288 g/mol. The highest BCUT2D eigenvalue weighted by Crippen LogP contribution is 2.26. The lowest BCUT2D eigenvalue weighted by atomic mass is 9.86. The highest BCUT2D eigenvalue weighted by atomic mass is 15.1. The normalized spacial score (nSPS) is 21.5. The minimum Gasteiger partial charge on any atom is -0.316 e. The van der Waals surface area contributed by atoms with E-state index in [2.05, 4.69) is 69.2 Å². The van der Waals surface area contributed by atoms with Gasteiger partial charge in [-0.2, -0.15) is 0 Å². The minimum absolute atomic E-state index is 0.238. The zero-order valence-electron chi connectivity index (χ0n) is 14.4. The molecule has 2 atom stereocenters. The predicted molar refractivity (Wildman–Crippen MR) is 91.8 cm³/mol. The lowest BCUT2D eigenvalue weighted by Crippen LogP contribution is -2.37. The molecule has 1 aliphatic heterocycles. The van der Waals surface area contributed by atoms with Gasteiger partial charge >= 0.3 is 0 Å². The van der Waals surface area contributed by atoms with Crippen molar-refractivity contribution in [3.8, 4) is 0 Å². The highest BCUT2D eigenvalue weighted by molar-refractivity contribution is 5.29. The van der Waals surface area contributed by atoms with Crippen LogP contribution in [0.25, 0.3) is 0 Å². The van der Waals surface area contributed by atoms with E-state index in [1.165, 1.54) is 43.6 Å². The summed E-state index contributed by atoms with van der Waals surface area (Å²) in [5.41, 5.74) is 3.08. The number of benzene rings is 1. The molecule has 1 heterocycles. The Morgan fingerprint density at radius 1 is 1.24 bits per heavy atom. The molecule has 1 aliphatic rings. The second kappa shape index (κ2) is 6.93. The zero-order chi connectivity index (χ0) is 15.5. The fourth-order valence-electron chi connectivity index (χ4n) is 3.16. The van der Waals surface area contributed by atoms with Crippen molar-refractivity contribution in [2.75, 3.05) is 26.7 Å². The van der Waals surface area contributed by atoms with E-state index >= 15 is 0 Å². The summed E-state index contributed by atoms with van der Waals surface area (Å²) in [5, 5.41) is 3.52. The predicted octanol–water partition coefficient (Wildman–Crippen LogP) is 3.98. The van der Waals surface area contributed by atoms with Crippen LogP contribution in [0.15, 0.2) is 24.3 Å². The van der Waals surface area contributed by atoms with Crippen LogP contribution >= 0.6 is 0 Å². The lowest BCUT2D eigenvalue weighted by Gasteiger charge is -2.32. The van der Waals surface area contributed by atoms with Crippen molar-refractivity contribution in [2.24, 2.45) is 5.92 Å². The molecule has 2 unspecified atom stereocenters. The van der Waals surface area contributed by atoms with Gasteiger partial charge in [0.2, 0.25) is 0 Å². The quantitative estimate of drug-likeness (QED) is 0.901. The summed E-state index contributed by atoms with van der Waals surface area (Å²) in [6.45, 7) is 12.7. The first-order chi connectivity index (χ1) is 9.88. The molecule has 1 N–H and O–H groups in total. The first kappa shape index (κ1) is 16.5. The summed E-state index contributed by atoms with van der Waals surface area (Å²) in [4.78, 5) is 2.50. The van der Waals surface area contributed by atoms with Crippen molar-refractivity contribution in [1.29, 1.82) is 0 Å². The van der Waals surface area contributed by atoms with Crippen molar-refractivity contribution in [2.45, 2.75) is 52.0 Å². The van der Waals surface area contributed by atoms with Crippen LogP contribution in [0, 0.1) is 5.92 Å². The number of nitrogens with zero attached hydrogens (tertiary/aromatic N) is 1. The van der Waals surface area contributed by atoms with Crippen molar-refractivity contribution >= 4 is 0 Å². The van der Waals surface area contributed by atoms with Crippen LogP contribution in [-0.2, 0) is 5.41 Å². The van der Waals surface area contributed by atoms with E-state index in [1.807, 2.05) is 0 Å². The number of piperidine rings is 1. The van der Waals surface area contributed by atoms with Crippen LogP contribution in [0.1, 0.15) is 57.7 Å². The third-order valence-electron chi connectivity index (χ3n) is 4.87. The molecular formula is C19H32N2. The molecule has 0 amide bonds. The topological polar surface area (TPSA) is 15.3 Å². The van der Waals surface area contributed by atoms with Crippen LogP contribution in [-0.4, -0.2) is 31.6 Å². The molecule has 2 nitrogen and oxygen atoms in total. The van der Waals surface area contributed by atoms with Crippen LogP contribution in [0.2, 0.25) is 0 Å². The molecule has 1 aromatic carbocycles. The summed E-state index contributed by atoms with van der Waals surface area (Å²) >= 11 is 0. The number of hydrogen-bond acceptors (Lipinski definition) is 2. The summed E-state index contributed by atoms with van der Waals surface area (Å²) in [6, 6.07) is 9.69. The molecule has 2 rings (SSSR count). The van der Waals surface area contributed by atoms with Gasteiger partial charge < -0.3 is 5.32 Å². The minimum atomic E-state index is 0.238. The van der Waals surface area contributed by atoms with E-state index in [0.717, 1.165) is 5.92 Å². The Kier molecular flexibility index (Phi) is 5.45. The maximum absolute atomic E-state index is 3.52. The second-order valence-corrected chi connectivity index (χ2v) is 7.70. The number of rotatable bonds is 4. The number of nitrogens with one attached hydrogen (secondary N) is 1. The van der Waals surface area contributed by atoms with Crippen LogP contribution in [0.5, 0.6) is 0 Å². The van der Waals surface area contributed by atoms with Gasteiger partial charge in [0.1, 0.15) is 0 Å². The summed E-state index contributed by atoms with van der Waals surface area (Å²) in [6.07, 6.45) is 2.69. The third-order valence-corrected chi connectivity index (χ3v) is 4.87. The summed E-state index contributed by atoms with van der Waals surface area (Å²) in [5.74, 6) is 0.806. The largest absolute Gasteiger partial charge is 0.316 e. The standard InChI is InChI=1S/C19H32N2/c1-15(21(5)14-16-7-6-12-20-13-16)17-8-10-18(11-9-17)19(2,3)4/h8-11,15-16,20H,6-7,12-14H2,1-5H3. The zero-order valence-corrected chi connectivity index (χ0v) is 14.4. The van der Waals surface area contributed by atoms with Gasteiger partial charge in [-0.3, -0.25) is 4.90 Å². The maximum atomic E-state index is 3.52. The first-order valence-electron chi connectivity index (χ1n) is 8.39. The fraction of sp³-hybridized carbons (Fsp3) is 0.684. The molecule has 118 valence electrons. The van der Waals surface area contributed by atoms with Crippen LogP contribution < -0.4 is 5.32 Å². The molecule has 2 heteroatoms. The Bertz CT molecular complexity index is 424. The SMILES string of the molecule is CC(c1ccc(C(C)(C)C)cc1)N(C)CC1CCCNC1. The Hall–Kier alpha value is -0.860. The lowest BCUT2D eigenvalue weighted by molar-refractivity contribution is 0.199. The Labute approximate surface area is 130 Å². The highest BCUT2D eigenvalue weighted by Gasteiger charge is 2.19. The van der Waals surface area contributed by atoms with Crippen molar-refractivity contribution in [3.05, 3.63) is 35.4 Å². The first-order valence-corrected chi connectivity index (χ1v) is 8.39. The van der Waals surface area contributed by atoms with E-state index < -0.39 is 0 Å². The Balaban J connectivity index is 1.96. The van der Waals surface area contributed by atoms with Gasteiger partial charge in [0.05, 0.1) is 0 Å². The van der Waals surface area contributed by atoms with E-state index in [4.69, 9.17) is 0 Å². The van der Waals surface area contributed by atoms with Crippen LogP contribution in [0.4, 0.5) is 0 Å². The molecule has 0 radical (unpaired) electrons. The summed E-state index contributed by atoms with van der Waals surface area (Å²) < 4.78 is 0. The van der Waals surface area contributed by atoms with Crippen molar-refractivity contribution in [3.63, 3.8) is 0 Å². The van der Waals surface area contributed by atoms with Crippen LogP contribution in [0.3, 0.4) is 0 Å². The molecule has 0 bridgehead atoms. The second-order valence-electron chi connectivity index (χ2n) is 7.70. The van der Waals surface area contributed by atoms with Crippen molar-refractivity contribution < 1.29 is 0 Å². The van der Waals surface area contributed by atoms with E-state index in [1.54, 1.807) is 0 Å². The average Bonchev–Trinajstić information content (AvgIpc) is 2.46. The van der Waals surface area contributed by atoms with Gasteiger partial charge in [-0.15, -0.1) is 0 Å². The molecule has 1 aromatic rings. The van der Waals surface area contributed by atoms with Gasteiger partial charge in [0, 0.05) is 12.6 Å². The maximum Gasteiger partial charge on any atom is 0.0316 e. The van der Waals surface area contributed by atoms with Gasteiger partial charge in [0.15, 0.2) is 0 Å². The fourth-order valence-corrected chi connectivity index (χ4v) is 3.16. The molecule has 0 aromatic heterocycles. The van der Waals surface area contributed by atoms with E-state index in [0.29, 0.717) is 6.04 Å². The number of hydrogen-bond donors (Lipinski definition) is 1. The summed E-state index contributed by atoms with van der Waals surface area (Å²) in [7, 11) is 2.26.